The van der Waals surface area contributed by atoms with Crippen molar-refractivity contribution in [3.63, 3.8) is 0 Å². The molecule has 0 fully saturated rings. The number of hydrogen-bond donors (Lipinski definition) is 3. The van der Waals surface area contributed by atoms with Gasteiger partial charge in [0, 0.05) is 5.92 Å². The van der Waals surface area contributed by atoms with Crippen molar-refractivity contribution < 1.29 is 42.2 Å². The fraction of sp³-hybridized carbons (Fsp3) is 0.304. The molecule has 0 saturated heterocycles. The van der Waals surface area contributed by atoms with Crippen LogP contribution in [0.5, 0.6) is 0 Å². The summed E-state index contributed by atoms with van der Waals surface area (Å²) in [7, 11) is 0. The molecule has 0 aromatic heterocycles. The molecule has 1 aliphatic rings. The molecule has 186 valence electrons. The second kappa shape index (κ2) is 10.9. The first-order valence-corrected chi connectivity index (χ1v) is 10.5. The summed E-state index contributed by atoms with van der Waals surface area (Å²) in [5.41, 5.74) is 4.09. The lowest BCUT2D eigenvalue weighted by molar-refractivity contribution is -0.165. The van der Waals surface area contributed by atoms with Crippen molar-refractivity contribution >= 4 is 23.9 Å². The second-order valence-electron chi connectivity index (χ2n) is 7.71. The molecule has 2 aromatic rings. The number of ether oxygens (including phenoxy) is 1. The average Bonchev–Trinajstić information content (AvgIpc) is 3.12. The van der Waals surface area contributed by atoms with Gasteiger partial charge in [-0.2, -0.15) is 13.2 Å². The molecule has 12 heteroatoms. The lowest BCUT2D eigenvalue weighted by Crippen LogP contribution is -2.47. The van der Waals surface area contributed by atoms with Gasteiger partial charge in [0.1, 0.15) is 26.2 Å². The van der Waals surface area contributed by atoms with Crippen LogP contribution in [-0.4, -0.2) is 72.8 Å². The van der Waals surface area contributed by atoms with E-state index in [1.165, 1.54) is 0 Å². The van der Waals surface area contributed by atoms with E-state index in [4.69, 9.17) is 9.84 Å². The van der Waals surface area contributed by atoms with Crippen LogP contribution < -0.4 is 10.6 Å². The number of nitrogens with one attached hydrogen (secondary N) is 2. The van der Waals surface area contributed by atoms with Gasteiger partial charge in [0.15, 0.2) is 0 Å². The van der Waals surface area contributed by atoms with Crippen LogP contribution in [0.4, 0.5) is 18.0 Å². The number of rotatable bonds is 9. The van der Waals surface area contributed by atoms with Crippen LogP contribution in [0.2, 0.25) is 0 Å². The van der Waals surface area contributed by atoms with Crippen molar-refractivity contribution in [1.29, 1.82) is 0 Å². The molecular weight excluding hydrogens is 471 g/mol. The zero-order valence-corrected chi connectivity index (χ0v) is 18.3. The smallest absolute Gasteiger partial charge is 0.407 e. The summed E-state index contributed by atoms with van der Waals surface area (Å²) in [6.45, 7) is -4.39. The number of carbonyl (C=O) groups is 4. The summed E-state index contributed by atoms with van der Waals surface area (Å²) in [5, 5.41) is 12.9. The highest BCUT2D eigenvalue weighted by Gasteiger charge is 2.34. The maximum Gasteiger partial charge on any atom is 0.407 e. The zero-order chi connectivity index (χ0) is 25.6. The number of halogens is 3. The third kappa shape index (κ3) is 6.95. The van der Waals surface area contributed by atoms with E-state index in [0.717, 1.165) is 22.3 Å². The van der Waals surface area contributed by atoms with E-state index in [1.54, 1.807) is 0 Å². The van der Waals surface area contributed by atoms with Crippen LogP contribution in [0, 0.1) is 0 Å². The predicted molar refractivity (Wildman–Crippen MR) is 116 cm³/mol. The number of amides is 3. The maximum absolute atomic E-state index is 12.5. The monoisotopic (exact) mass is 493 g/mol. The number of aliphatic carboxylic acids is 1. The Labute approximate surface area is 197 Å². The van der Waals surface area contributed by atoms with Gasteiger partial charge in [0.25, 0.3) is 0 Å². The van der Waals surface area contributed by atoms with E-state index < -0.39 is 56.2 Å². The number of alkyl carbamates (subject to hydrolysis) is 1. The van der Waals surface area contributed by atoms with Crippen LogP contribution in [-0.2, 0) is 19.1 Å². The summed E-state index contributed by atoms with van der Waals surface area (Å²) in [5.74, 6) is -3.92. The molecule has 3 amide bonds. The first-order chi connectivity index (χ1) is 16.5. The Morgan fingerprint density at radius 3 is 2.03 bits per heavy atom. The Balaban J connectivity index is 1.46. The number of alkyl halides is 3. The van der Waals surface area contributed by atoms with Crippen LogP contribution in [0.15, 0.2) is 48.5 Å². The fourth-order valence-electron chi connectivity index (χ4n) is 3.76. The summed E-state index contributed by atoms with van der Waals surface area (Å²) in [6.07, 6.45) is -5.70. The molecule has 0 radical (unpaired) electrons. The molecular formula is C23H22F3N3O6. The normalized spacial score (nSPS) is 12.3. The number of fused-ring (bicyclic) bond motifs is 3. The van der Waals surface area contributed by atoms with Gasteiger partial charge < -0.3 is 25.4 Å². The Bertz CT molecular complexity index is 1080. The number of hydrogen-bond acceptors (Lipinski definition) is 5. The van der Waals surface area contributed by atoms with E-state index in [2.05, 4.69) is 5.32 Å². The minimum atomic E-state index is -4.80. The SMILES string of the molecule is O=C(O)CN(CC(F)(F)F)C(=O)CNC(=O)CNC(=O)OCC1c2ccccc2-c2ccccc21. The lowest BCUT2D eigenvalue weighted by atomic mass is 9.98. The molecule has 0 saturated carbocycles. The van der Waals surface area contributed by atoms with Crippen molar-refractivity contribution in [2.45, 2.75) is 12.1 Å². The van der Waals surface area contributed by atoms with E-state index in [9.17, 15) is 32.3 Å². The van der Waals surface area contributed by atoms with E-state index in [1.807, 2.05) is 53.8 Å². The molecule has 9 nitrogen and oxygen atoms in total. The Kier molecular flexibility index (Phi) is 7.94. The standard InChI is InChI=1S/C23H22F3N3O6/c24-23(25,26)13-29(11-21(32)33)20(31)10-27-19(30)9-28-22(34)35-12-18-16-7-3-1-5-14(16)15-6-2-4-8-17(15)18/h1-8,18H,9-13H2,(H,27,30)(H,28,34)(H,32,33). The van der Waals surface area contributed by atoms with Crippen molar-refractivity contribution in [2.75, 3.05) is 32.8 Å². The third-order valence-corrected chi connectivity index (χ3v) is 5.22. The van der Waals surface area contributed by atoms with Gasteiger partial charge in [0.2, 0.25) is 11.8 Å². The molecule has 0 unspecified atom stereocenters. The Morgan fingerprint density at radius 2 is 1.49 bits per heavy atom. The first kappa shape index (κ1) is 25.5. The average molecular weight is 493 g/mol. The Morgan fingerprint density at radius 1 is 0.914 bits per heavy atom. The quantitative estimate of drug-likeness (QED) is 0.492. The number of carbonyl (C=O) groups excluding carboxylic acids is 3. The molecule has 2 aromatic carbocycles. The Hall–Kier alpha value is -4.09. The van der Waals surface area contributed by atoms with Crippen LogP contribution >= 0.6 is 0 Å². The van der Waals surface area contributed by atoms with Crippen LogP contribution in [0.1, 0.15) is 17.0 Å². The molecule has 0 atom stereocenters. The predicted octanol–water partition coefficient (Wildman–Crippen LogP) is 2.12. The first-order valence-electron chi connectivity index (χ1n) is 10.5. The van der Waals surface area contributed by atoms with Crippen LogP contribution in [0.25, 0.3) is 11.1 Å². The van der Waals surface area contributed by atoms with Gasteiger partial charge in [-0.15, -0.1) is 0 Å². The van der Waals surface area contributed by atoms with Crippen molar-refractivity contribution in [3.8, 4) is 11.1 Å². The summed E-state index contributed by atoms with van der Waals surface area (Å²) in [6, 6.07) is 15.4. The minimum Gasteiger partial charge on any atom is -0.480 e. The number of carboxylic acid groups (broad SMARTS) is 1. The van der Waals surface area contributed by atoms with Gasteiger partial charge >= 0.3 is 18.2 Å². The van der Waals surface area contributed by atoms with Gasteiger partial charge in [-0.05, 0) is 22.3 Å². The number of benzene rings is 2. The molecule has 3 N–H and O–H groups in total. The molecule has 0 heterocycles. The molecule has 35 heavy (non-hydrogen) atoms. The van der Waals surface area contributed by atoms with Crippen molar-refractivity contribution in [1.82, 2.24) is 15.5 Å². The molecule has 0 spiro atoms. The van der Waals surface area contributed by atoms with E-state index in [0.29, 0.717) is 0 Å². The minimum absolute atomic E-state index is 0.0154. The van der Waals surface area contributed by atoms with Crippen molar-refractivity contribution in [2.24, 2.45) is 0 Å². The molecule has 0 aliphatic heterocycles. The third-order valence-electron chi connectivity index (χ3n) is 5.22. The van der Waals surface area contributed by atoms with E-state index >= 15 is 0 Å². The van der Waals surface area contributed by atoms with Gasteiger partial charge in [0.05, 0.1) is 6.54 Å². The van der Waals surface area contributed by atoms with Crippen LogP contribution in [0.3, 0.4) is 0 Å². The lowest BCUT2D eigenvalue weighted by Gasteiger charge is -2.22. The molecule has 0 bridgehead atoms. The maximum atomic E-state index is 12.5. The zero-order valence-electron chi connectivity index (χ0n) is 18.3. The van der Waals surface area contributed by atoms with Gasteiger partial charge in [-0.25, -0.2) is 4.79 Å². The highest BCUT2D eigenvalue weighted by Crippen LogP contribution is 2.44. The summed E-state index contributed by atoms with van der Waals surface area (Å²) >= 11 is 0. The highest BCUT2D eigenvalue weighted by molar-refractivity contribution is 5.88. The summed E-state index contributed by atoms with van der Waals surface area (Å²) in [4.78, 5) is 46.6. The topological polar surface area (TPSA) is 125 Å². The fourth-order valence-corrected chi connectivity index (χ4v) is 3.76. The largest absolute Gasteiger partial charge is 0.480 e. The summed E-state index contributed by atoms with van der Waals surface area (Å²) < 4.78 is 42.9. The number of carboxylic acids is 1. The van der Waals surface area contributed by atoms with Gasteiger partial charge in [-0.1, -0.05) is 48.5 Å². The van der Waals surface area contributed by atoms with Crippen molar-refractivity contribution in [3.05, 3.63) is 59.7 Å². The number of nitrogens with zero attached hydrogens (tertiary/aromatic N) is 1. The highest BCUT2D eigenvalue weighted by atomic mass is 19.4. The molecule has 3 rings (SSSR count). The molecule has 1 aliphatic carbocycles. The van der Waals surface area contributed by atoms with Gasteiger partial charge in [-0.3, -0.25) is 14.4 Å². The van der Waals surface area contributed by atoms with E-state index in [-0.39, 0.29) is 17.4 Å². The second-order valence-corrected chi connectivity index (χ2v) is 7.71.